The van der Waals surface area contributed by atoms with Crippen molar-refractivity contribution in [1.29, 1.82) is 0 Å². The third-order valence-corrected chi connectivity index (χ3v) is 7.66. The third-order valence-electron chi connectivity index (χ3n) is 7.66. The van der Waals surface area contributed by atoms with E-state index in [1.54, 1.807) is 6.08 Å². The smallest absolute Gasteiger partial charge is 0.155 e. The van der Waals surface area contributed by atoms with E-state index >= 15 is 0 Å². The van der Waals surface area contributed by atoms with Crippen LogP contribution in [0.15, 0.2) is 12.2 Å². The lowest BCUT2D eigenvalue weighted by atomic mass is 9.64. The van der Waals surface area contributed by atoms with Gasteiger partial charge in [-0.1, -0.05) is 33.8 Å². The molecule has 0 bridgehead atoms. The summed E-state index contributed by atoms with van der Waals surface area (Å²) in [6, 6.07) is 0. The van der Waals surface area contributed by atoms with Crippen LogP contribution in [0, 0.1) is 28.6 Å². The molecule has 0 unspecified atom stereocenters. The van der Waals surface area contributed by atoms with Gasteiger partial charge in [0.1, 0.15) is 5.60 Å². The number of aliphatic hydroxyl groups excluding tert-OH is 1. The summed E-state index contributed by atoms with van der Waals surface area (Å²) in [4.78, 5) is 11.9. The number of ether oxygens (including phenoxy) is 1. The highest BCUT2D eigenvalue weighted by molar-refractivity contribution is 5.91. The summed E-state index contributed by atoms with van der Waals surface area (Å²) in [5.41, 5.74) is -0.439. The molecule has 1 spiro atoms. The van der Waals surface area contributed by atoms with Crippen molar-refractivity contribution < 1.29 is 14.6 Å². The van der Waals surface area contributed by atoms with Crippen molar-refractivity contribution in [3.63, 3.8) is 0 Å². The Kier molecular flexibility index (Phi) is 2.87. The maximum absolute atomic E-state index is 11.9. The van der Waals surface area contributed by atoms with E-state index in [1.807, 2.05) is 0 Å². The molecule has 3 aliphatic carbocycles. The van der Waals surface area contributed by atoms with Crippen molar-refractivity contribution >= 4 is 5.78 Å². The number of ketones is 1. The Morgan fingerprint density at radius 1 is 1.32 bits per heavy atom. The highest BCUT2D eigenvalue weighted by Crippen LogP contribution is 2.72. The second-order valence-electron chi connectivity index (χ2n) is 8.96. The van der Waals surface area contributed by atoms with Crippen LogP contribution in [0.4, 0.5) is 0 Å². The SMILES string of the molecule is CC(C)[C@H]1C[C@@H]2O[C@@]23[C@H](O)[C@H]2CC(=O)C=C[C@@]2(C)CC[C@]13C. The second-order valence-corrected chi connectivity index (χ2v) is 8.96. The van der Waals surface area contributed by atoms with Gasteiger partial charge in [-0.05, 0) is 42.6 Å². The van der Waals surface area contributed by atoms with Crippen LogP contribution < -0.4 is 0 Å². The molecule has 0 aromatic carbocycles. The zero-order valence-electron chi connectivity index (χ0n) is 14.1. The first-order chi connectivity index (χ1) is 10.2. The maximum atomic E-state index is 11.9. The molecule has 1 N–H and O–H groups in total. The summed E-state index contributed by atoms with van der Waals surface area (Å²) in [5, 5.41) is 11.3. The zero-order valence-corrected chi connectivity index (χ0v) is 14.1. The van der Waals surface area contributed by atoms with Crippen molar-refractivity contribution in [2.45, 2.75) is 71.2 Å². The summed E-state index contributed by atoms with van der Waals surface area (Å²) in [6.07, 6.45) is 7.12. The topological polar surface area (TPSA) is 49.8 Å². The Labute approximate surface area is 133 Å². The molecule has 2 saturated carbocycles. The van der Waals surface area contributed by atoms with Gasteiger partial charge in [0.15, 0.2) is 5.78 Å². The molecule has 0 radical (unpaired) electrons. The first-order valence-corrected chi connectivity index (χ1v) is 8.82. The van der Waals surface area contributed by atoms with E-state index in [9.17, 15) is 9.90 Å². The molecule has 4 rings (SSSR count). The molecule has 22 heavy (non-hydrogen) atoms. The van der Waals surface area contributed by atoms with E-state index in [-0.39, 0.29) is 28.6 Å². The molecule has 4 aliphatic rings. The molecule has 1 heterocycles. The lowest BCUT2D eigenvalue weighted by molar-refractivity contribution is -0.121. The molecule has 3 fully saturated rings. The zero-order chi connectivity index (χ0) is 15.9. The van der Waals surface area contributed by atoms with Gasteiger partial charge in [-0.3, -0.25) is 4.79 Å². The first-order valence-electron chi connectivity index (χ1n) is 8.82. The second kappa shape index (κ2) is 4.24. The molecule has 3 heteroatoms. The van der Waals surface area contributed by atoms with Crippen LogP contribution in [0.3, 0.4) is 0 Å². The molecule has 1 saturated heterocycles. The van der Waals surface area contributed by atoms with Crippen molar-refractivity contribution in [2.75, 3.05) is 0 Å². The molecule has 0 aromatic heterocycles. The van der Waals surface area contributed by atoms with E-state index in [4.69, 9.17) is 4.74 Å². The van der Waals surface area contributed by atoms with Crippen LogP contribution in [-0.4, -0.2) is 28.7 Å². The summed E-state index contributed by atoms with van der Waals surface area (Å²) in [7, 11) is 0. The van der Waals surface area contributed by atoms with Crippen LogP contribution in [0.5, 0.6) is 0 Å². The van der Waals surface area contributed by atoms with Crippen LogP contribution in [-0.2, 0) is 9.53 Å². The average Bonchev–Trinajstić information content (AvgIpc) is 3.15. The highest BCUT2D eigenvalue weighted by atomic mass is 16.6. The van der Waals surface area contributed by atoms with Gasteiger partial charge in [0.05, 0.1) is 12.2 Å². The van der Waals surface area contributed by atoms with Crippen LogP contribution in [0.1, 0.15) is 53.4 Å². The molecule has 3 nitrogen and oxygen atoms in total. The number of aliphatic hydroxyl groups is 1. The number of carbonyl (C=O) groups is 1. The summed E-state index contributed by atoms with van der Waals surface area (Å²) in [6.45, 7) is 9.14. The van der Waals surface area contributed by atoms with Crippen molar-refractivity contribution in [3.8, 4) is 0 Å². The van der Waals surface area contributed by atoms with Crippen LogP contribution in [0.2, 0.25) is 0 Å². The Morgan fingerprint density at radius 2 is 2.05 bits per heavy atom. The molecular formula is C19H28O3. The minimum atomic E-state index is -0.521. The van der Waals surface area contributed by atoms with Gasteiger partial charge >= 0.3 is 0 Å². The van der Waals surface area contributed by atoms with E-state index in [1.165, 1.54) is 0 Å². The Bertz CT molecular complexity index is 553. The van der Waals surface area contributed by atoms with Crippen molar-refractivity contribution in [2.24, 2.45) is 28.6 Å². The number of hydrogen-bond donors (Lipinski definition) is 1. The average molecular weight is 304 g/mol. The van der Waals surface area contributed by atoms with Crippen LogP contribution in [0.25, 0.3) is 0 Å². The van der Waals surface area contributed by atoms with E-state index < -0.39 is 11.7 Å². The van der Waals surface area contributed by atoms with Gasteiger partial charge in [-0.25, -0.2) is 0 Å². The normalized spacial score (nSPS) is 56.4. The Balaban J connectivity index is 1.79. The molecule has 0 aromatic rings. The molecule has 0 amide bonds. The lowest BCUT2D eigenvalue weighted by Gasteiger charge is -2.42. The summed E-state index contributed by atoms with van der Waals surface area (Å²) >= 11 is 0. The number of carbonyl (C=O) groups excluding carboxylic acids is 1. The largest absolute Gasteiger partial charge is 0.390 e. The number of rotatable bonds is 1. The lowest BCUT2D eigenvalue weighted by Crippen LogP contribution is -2.50. The van der Waals surface area contributed by atoms with E-state index in [0.29, 0.717) is 18.3 Å². The van der Waals surface area contributed by atoms with E-state index in [2.05, 4.69) is 33.8 Å². The van der Waals surface area contributed by atoms with Gasteiger partial charge in [0.25, 0.3) is 0 Å². The van der Waals surface area contributed by atoms with Crippen molar-refractivity contribution in [1.82, 2.24) is 0 Å². The molecular weight excluding hydrogens is 276 g/mol. The fourth-order valence-corrected chi connectivity index (χ4v) is 6.19. The Hall–Kier alpha value is -0.670. The minimum absolute atomic E-state index is 0.00253. The standard InChI is InChI=1S/C19H28O3/c1-11(2)13-10-15-19(22-15)16(21)14-9-12(20)5-6-17(14,3)7-8-18(13,19)4/h5-6,11,13-16,21H,7-10H2,1-4H3/t13-,14-,15+,16-,17+,18-,19-/m1/s1. The molecule has 7 atom stereocenters. The molecule has 1 aliphatic heterocycles. The minimum Gasteiger partial charge on any atom is -0.390 e. The van der Waals surface area contributed by atoms with Gasteiger partial charge in [0, 0.05) is 17.8 Å². The summed E-state index contributed by atoms with van der Waals surface area (Å²) < 4.78 is 6.16. The predicted octanol–water partition coefficient (Wildman–Crippen LogP) is 3.11. The maximum Gasteiger partial charge on any atom is 0.155 e. The first kappa shape index (κ1) is 14.9. The van der Waals surface area contributed by atoms with Crippen LogP contribution >= 0.6 is 0 Å². The van der Waals surface area contributed by atoms with Crippen molar-refractivity contribution in [3.05, 3.63) is 12.2 Å². The third kappa shape index (κ3) is 1.57. The van der Waals surface area contributed by atoms with E-state index in [0.717, 1.165) is 19.3 Å². The summed E-state index contributed by atoms with van der Waals surface area (Å²) in [5.74, 6) is 1.36. The van der Waals surface area contributed by atoms with Gasteiger partial charge < -0.3 is 9.84 Å². The van der Waals surface area contributed by atoms with Gasteiger partial charge in [-0.15, -0.1) is 0 Å². The van der Waals surface area contributed by atoms with Gasteiger partial charge in [0.2, 0.25) is 0 Å². The predicted molar refractivity (Wildman–Crippen MR) is 84.3 cm³/mol. The number of allylic oxidation sites excluding steroid dienone is 2. The fourth-order valence-electron chi connectivity index (χ4n) is 6.19. The quantitative estimate of drug-likeness (QED) is 0.757. The Morgan fingerprint density at radius 3 is 2.73 bits per heavy atom. The fraction of sp³-hybridized carbons (Fsp3) is 0.842. The van der Waals surface area contributed by atoms with Gasteiger partial charge in [-0.2, -0.15) is 0 Å². The highest BCUT2D eigenvalue weighted by Gasteiger charge is 2.79. The number of fused-ring (bicyclic) bond motifs is 1. The molecule has 122 valence electrons. The number of hydrogen-bond acceptors (Lipinski definition) is 3. The monoisotopic (exact) mass is 304 g/mol. The number of epoxide rings is 1.